The predicted molar refractivity (Wildman–Crippen MR) is 66.1 cm³/mol. The number of pyridine rings is 1. The van der Waals surface area contributed by atoms with Crippen molar-refractivity contribution in [2.75, 3.05) is 5.32 Å². The maximum atomic E-state index is 9.40. The van der Waals surface area contributed by atoms with Crippen molar-refractivity contribution in [3.8, 4) is 0 Å². The molecular formula is C11H14Cl2N2O. The first kappa shape index (κ1) is 12.0. The Balaban J connectivity index is 1.98. The van der Waals surface area contributed by atoms with Gasteiger partial charge < -0.3 is 10.4 Å². The van der Waals surface area contributed by atoms with Crippen LogP contribution in [0.15, 0.2) is 12.3 Å². The first-order valence-corrected chi connectivity index (χ1v) is 6.16. The highest BCUT2D eigenvalue weighted by molar-refractivity contribution is 6.35. The van der Waals surface area contributed by atoms with Gasteiger partial charge in [0.2, 0.25) is 0 Å². The quantitative estimate of drug-likeness (QED) is 0.859. The summed E-state index contributed by atoms with van der Waals surface area (Å²) < 4.78 is 0. The zero-order valence-corrected chi connectivity index (χ0v) is 10.3. The Kier molecular flexibility index (Phi) is 3.90. The lowest BCUT2D eigenvalue weighted by molar-refractivity contribution is 0.126. The SMILES string of the molecule is OC1CCC(Nc2ncc(Cl)cc2Cl)CC1. The molecule has 3 nitrogen and oxygen atoms in total. The van der Waals surface area contributed by atoms with E-state index >= 15 is 0 Å². The number of aromatic nitrogens is 1. The van der Waals surface area contributed by atoms with Gasteiger partial charge in [0.05, 0.1) is 16.1 Å². The Labute approximate surface area is 105 Å². The molecule has 88 valence electrons. The molecule has 1 heterocycles. The Hall–Kier alpha value is -0.510. The van der Waals surface area contributed by atoms with Crippen LogP contribution in [0.5, 0.6) is 0 Å². The van der Waals surface area contributed by atoms with Crippen molar-refractivity contribution in [2.24, 2.45) is 0 Å². The van der Waals surface area contributed by atoms with Crippen LogP contribution in [0, 0.1) is 0 Å². The van der Waals surface area contributed by atoms with Crippen LogP contribution in [-0.4, -0.2) is 22.2 Å². The van der Waals surface area contributed by atoms with Crippen molar-refractivity contribution in [1.82, 2.24) is 4.98 Å². The van der Waals surface area contributed by atoms with Gasteiger partial charge in [-0.15, -0.1) is 0 Å². The second-order valence-corrected chi connectivity index (χ2v) is 4.98. The number of aliphatic hydroxyl groups is 1. The molecule has 1 aliphatic carbocycles. The predicted octanol–water partition coefficient (Wildman–Crippen LogP) is 3.10. The highest BCUT2D eigenvalue weighted by atomic mass is 35.5. The van der Waals surface area contributed by atoms with E-state index in [1.807, 2.05) is 0 Å². The van der Waals surface area contributed by atoms with Crippen molar-refractivity contribution < 1.29 is 5.11 Å². The van der Waals surface area contributed by atoms with Crippen LogP contribution in [0.1, 0.15) is 25.7 Å². The number of aliphatic hydroxyl groups excluding tert-OH is 1. The molecule has 1 aliphatic rings. The third-order valence-corrected chi connectivity index (χ3v) is 3.34. The Morgan fingerprint density at radius 1 is 1.25 bits per heavy atom. The summed E-state index contributed by atoms with van der Waals surface area (Å²) in [6.07, 6.45) is 5.00. The highest BCUT2D eigenvalue weighted by Crippen LogP contribution is 2.26. The van der Waals surface area contributed by atoms with Crippen LogP contribution in [0.25, 0.3) is 0 Å². The molecule has 2 N–H and O–H groups in total. The van der Waals surface area contributed by atoms with E-state index < -0.39 is 0 Å². The first-order chi connectivity index (χ1) is 7.65. The van der Waals surface area contributed by atoms with Crippen molar-refractivity contribution in [1.29, 1.82) is 0 Å². The molecule has 5 heteroatoms. The average molecular weight is 261 g/mol. The molecule has 0 aromatic carbocycles. The number of hydrogen-bond donors (Lipinski definition) is 2. The molecule has 0 unspecified atom stereocenters. The third kappa shape index (κ3) is 3.00. The molecule has 2 rings (SSSR count). The summed E-state index contributed by atoms with van der Waals surface area (Å²) in [7, 11) is 0. The molecule has 1 aromatic rings. The van der Waals surface area contributed by atoms with E-state index in [-0.39, 0.29) is 6.10 Å². The Morgan fingerprint density at radius 2 is 1.94 bits per heavy atom. The second-order valence-electron chi connectivity index (χ2n) is 4.13. The normalized spacial score (nSPS) is 25.4. The van der Waals surface area contributed by atoms with Gasteiger partial charge in [0, 0.05) is 12.2 Å². The van der Waals surface area contributed by atoms with Gasteiger partial charge in [-0.2, -0.15) is 0 Å². The van der Waals surface area contributed by atoms with Gasteiger partial charge in [-0.25, -0.2) is 4.98 Å². The third-order valence-electron chi connectivity index (χ3n) is 2.85. The molecule has 0 amide bonds. The zero-order valence-electron chi connectivity index (χ0n) is 8.79. The number of nitrogens with zero attached hydrogens (tertiary/aromatic N) is 1. The fourth-order valence-electron chi connectivity index (χ4n) is 1.93. The number of rotatable bonds is 2. The van der Waals surface area contributed by atoms with Crippen LogP contribution in [-0.2, 0) is 0 Å². The van der Waals surface area contributed by atoms with Gasteiger partial charge in [0.1, 0.15) is 5.82 Å². The van der Waals surface area contributed by atoms with Crippen molar-refractivity contribution in [3.05, 3.63) is 22.3 Å². The van der Waals surface area contributed by atoms with Crippen molar-refractivity contribution in [2.45, 2.75) is 37.8 Å². The molecule has 0 atom stereocenters. The number of hydrogen-bond acceptors (Lipinski definition) is 3. The van der Waals surface area contributed by atoms with Gasteiger partial charge >= 0.3 is 0 Å². The topological polar surface area (TPSA) is 45.1 Å². The van der Waals surface area contributed by atoms with Crippen LogP contribution in [0.2, 0.25) is 10.0 Å². The van der Waals surface area contributed by atoms with Gasteiger partial charge in [0.15, 0.2) is 0 Å². The van der Waals surface area contributed by atoms with E-state index in [1.54, 1.807) is 12.3 Å². The molecule has 0 bridgehead atoms. The largest absolute Gasteiger partial charge is 0.393 e. The molecule has 0 spiro atoms. The van der Waals surface area contributed by atoms with E-state index in [1.165, 1.54) is 0 Å². The minimum absolute atomic E-state index is 0.147. The monoisotopic (exact) mass is 260 g/mol. The molecule has 1 aromatic heterocycles. The lowest BCUT2D eigenvalue weighted by atomic mass is 9.93. The second kappa shape index (κ2) is 5.21. The molecule has 16 heavy (non-hydrogen) atoms. The standard InChI is InChI=1S/C11H14Cl2N2O/c12-7-5-10(13)11(14-6-7)15-8-1-3-9(16)4-2-8/h5-6,8-9,16H,1-4H2,(H,14,15). The average Bonchev–Trinajstić information content (AvgIpc) is 2.25. The van der Waals surface area contributed by atoms with E-state index in [9.17, 15) is 5.11 Å². The van der Waals surface area contributed by atoms with Crippen molar-refractivity contribution >= 4 is 29.0 Å². The lowest BCUT2D eigenvalue weighted by Gasteiger charge is -2.26. The number of halogens is 2. The summed E-state index contributed by atoms with van der Waals surface area (Å²) in [5.74, 6) is 0.674. The first-order valence-electron chi connectivity index (χ1n) is 5.41. The Morgan fingerprint density at radius 3 is 2.56 bits per heavy atom. The molecule has 0 saturated heterocycles. The molecule has 0 radical (unpaired) electrons. The van der Waals surface area contributed by atoms with Crippen LogP contribution < -0.4 is 5.32 Å². The van der Waals surface area contributed by atoms with Crippen molar-refractivity contribution in [3.63, 3.8) is 0 Å². The summed E-state index contributed by atoms with van der Waals surface area (Å²) in [4.78, 5) is 4.15. The number of anilines is 1. The van der Waals surface area contributed by atoms with Gasteiger partial charge in [-0.1, -0.05) is 23.2 Å². The van der Waals surface area contributed by atoms with E-state index in [0.717, 1.165) is 25.7 Å². The number of nitrogens with one attached hydrogen (secondary N) is 1. The summed E-state index contributed by atoms with van der Waals surface area (Å²) >= 11 is 11.8. The fourth-order valence-corrected chi connectivity index (χ4v) is 2.37. The van der Waals surface area contributed by atoms with Crippen LogP contribution >= 0.6 is 23.2 Å². The van der Waals surface area contributed by atoms with Gasteiger partial charge in [-0.3, -0.25) is 0 Å². The van der Waals surface area contributed by atoms with Crippen LogP contribution in [0.4, 0.5) is 5.82 Å². The maximum Gasteiger partial charge on any atom is 0.145 e. The minimum Gasteiger partial charge on any atom is -0.393 e. The molecule has 1 fully saturated rings. The summed E-state index contributed by atoms with van der Waals surface area (Å²) in [5.41, 5.74) is 0. The summed E-state index contributed by atoms with van der Waals surface area (Å²) in [6.45, 7) is 0. The fraction of sp³-hybridized carbons (Fsp3) is 0.545. The molecular weight excluding hydrogens is 247 g/mol. The molecule has 1 saturated carbocycles. The Bertz CT molecular complexity index is 365. The zero-order chi connectivity index (χ0) is 11.5. The maximum absolute atomic E-state index is 9.40. The smallest absolute Gasteiger partial charge is 0.145 e. The highest BCUT2D eigenvalue weighted by Gasteiger charge is 2.20. The van der Waals surface area contributed by atoms with E-state index in [2.05, 4.69) is 10.3 Å². The van der Waals surface area contributed by atoms with Gasteiger partial charge in [-0.05, 0) is 31.7 Å². The minimum atomic E-state index is -0.147. The summed E-state index contributed by atoms with van der Waals surface area (Å²) in [6, 6.07) is 2.02. The lowest BCUT2D eigenvalue weighted by Crippen LogP contribution is -2.28. The molecule has 0 aliphatic heterocycles. The van der Waals surface area contributed by atoms with Crippen LogP contribution in [0.3, 0.4) is 0 Å². The summed E-state index contributed by atoms with van der Waals surface area (Å²) in [5, 5.41) is 13.8. The van der Waals surface area contributed by atoms with E-state index in [0.29, 0.717) is 21.9 Å². The van der Waals surface area contributed by atoms with Gasteiger partial charge in [0.25, 0.3) is 0 Å². The van der Waals surface area contributed by atoms with E-state index in [4.69, 9.17) is 23.2 Å².